The molecule has 1 aliphatic heterocycles. The van der Waals surface area contributed by atoms with Crippen molar-refractivity contribution >= 4 is 15.8 Å². The lowest BCUT2D eigenvalue weighted by atomic mass is 9.75. The summed E-state index contributed by atoms with van der Waals surface area (Å²) in [5, 5.41) is 9.51. The van der Waals surface area contributed by atoms with Gasteiger partial charge in [0.05, 0.1) is 11.5 Å². The molecule has 6 heteroatoms. The van der Waals surface area contributed by atoms with Crippen LogP contribution in [0.4, 0.5) is 0 Å². The molecule has 2 unspecified atom stereocenters. The van der Waals surface area contributed by atoms with Gasteiger partial charge in [0.2, 0.25) is 0 Å². The largest absolute Gasteiger partial charge is 0.481 e. The molecule has 0 bridgehead atoms. The third-order valence-corrected chi connectivity index (χ3v) is 5.03. The lowest BCUT2D eigenvalue weighted by Gasteiger charge is -2.29. The number of ether oxygens (including phenoxy) is 1. The number of carbonyl (C=O) groups is 1. The van der Waals surface area contributed by atoms with Crippen LogP contribution in [0.25, 0.3) is 0 Å². The molecule has 2 fully saturated rings. The molecule has 2 atom stereocenters. The summed E-state index contributed by atoms with van der Waals surface area (Å²) in [7, 11) is -3.02. The summed E-state index contributed by atoms with van der Waals surface area (Å²) in [6, 6.07) is 0. The van der Waals surface area contributed by atoms with Gasteiger partial charge in [-0.05, 0) is 38.0 Å². The molecule has 0 aromatic carbocycles. The molecule has 1 heterocycles. The molecular weight excluding hydrogens is 256 g/mol. The van der Waals surface area contributed by atoms with Crippen molar-refractivity contribution in [3.8, 4) is 0 Å². The Morgan fingerprint density at radius 2 is 2.11 bits per heavy atom. The van der Waals surface area contributed by atoms with Gasteiger partial charge in [-0.1, -0.05) is 0 Å². The smallest absolute Gasteiger partial charge is 0.312 e. The van der Waals surface area contributed by atoms with Crippen molar-refractivity contribution in [1.82, 2.24) is 0 Å². The van der Waals surface area contributed by atoms with E-state index >= 15 is 0 Å². The van der Waals surface area contributed by atoms with Crippen LogP contribution in [0.15, 0.2) is 0 Å². The molecule has 1 aliphatic carbocycles. The zero-order valence-corrected chi connectivity index (χ0v) is 11.4. The molecule has 0 amide bonds. The number of carboxylic acids is 1. The van der Waals surface area contributed by atoms with Crippen molar-refractivity contribution in [2.45, 2.75) is 38.2 Å². The van der Waals surface area contributed by atoms with Crippen molar-refractivity contribution < 1.29 is 23.1 Å². The summed E-state index contributed by atoms with van der Waals surface area (Å²) in [6.45, 7) is 0.479. The highest BCUT2D eigenvalue weighted by Gasteiger charge is 2.55. The highest BCUT2D eigenvalue weighted by Crippen LogP contribution is 2.50. The van der Waals surface area contributed by atoms with Crippen LogP contribution < -0.4 is 0 Å². The van der Waals surface area contributed by atoms with Gasteiger partial charge in [-0.2, -0.15) is 0 Å². The molecule has 2 rings (SSSR count). The molecule has 18 heavy (non-hydrogen) atoms. The van der Waals surface area contributed by atoms with Crippen LogP contribution in [0.3, 0.4) is 0 Å². The summed E-state index contributed by atoms with van der Waals surface area (Å²) >= 11 is 0. The first-order valence-electron chi connectivity index (χ1n) is 6.38. The van der Waals surface area contributed by atoms with E-state index in [1.54, 1.807) is 0 Å². The SMILES string of the molecule is CS(=O)(=O)CCCC1(C(=O)O)CCOC1C1CC1. The number of hydrogen-bond donors (Lipinski definition) is 1. The second-order valence-electron chi connectivity index (χ2n) is 5.57. The number of carboxylic acid groups (broad SMARTS) is 1. The molecule has 0 spiro atoms. The lowest BCUT2D eigenvalue weighted by Crippen LogP contribution is -2.40. The van der Waals surface area contributed by atoms with Gasteiger partial charge in [0.15, 0.2) is 0 Å². The van der Waals surface area contributed by atoms with E-state index in [0.29, 0.717) is 31.8 Å². The van der Waals surface area contributed by atoms with E-state index in [4.69, 9.17) is 4.74 Å². The summed E-state index contributed by atoms with van der Waals surface area (Å²) in [5.41, 5.74) is -0.855. The maximum Gasteiger partial charge on any atom is 0.312 e. The topological polar surface area (TPSA) is 80.7 Å². The normalized spacial score (nSPS) is 32.6. The highest BCUT2D eigenvalue weighted by molar-refractivity contribution is 7.90. The molecule has 0 aromatic heterocycles. The fourth-order valence-corrected chi connectivity index (χ4v) is 3.58. The van der Waals surface area contributed by atoms with Crippen LogP contribution in [-0.2, 0) is 19.4 Å². The molecule has 0 radical (unpaired) electrons. The number of aliphatic carboxylic acids is 1. The average Bonchev–Trinajstić information content (AvgIpc) is 2.98. The van der Waals surface area contributed by atoms with E-state index in [1.165, 1.54) is 6.26 Å². The van der Waals surface area contributed by atoms with Crippen LogP contribution in [0, 0.1) is 11.3 Å². The molecule has 2 aliphatic rings. The molecule has 1 saturated carbocycles. The Kier molecular flexibility index (Phi) is 3.69. The van der Waals surface area contributed by atoms with E-state index in [9.17, 15) is 18.3 Å². The van der Waals surface area contributed by atoms with Crippen LogP contribution in [0.1, 0.15) is 32.1 Å². The standard InChI is InChI=1S/C12H20O5S/c1-18(15,16)8-2-5-12(11(13)14)6-7-17-10(12)9-3-4-9/h9-10H,2-8H2,1H3,(H,13,14). The van der Waals surface area contributed by atoms with E-state index in [0.717, 1.165) is 12.8 Å². The van der Waals surface area contributed by atoms with Crippen molar-refractivity contribution in [3.05, 3.63) is 0 Å². The second-order valence-corrected chi connectivity index (χ2v) is 7.83. The molecule has 0 aromatic rings. The van der Waals surface area contributed by atoms with Crippen LogP contribution >= 0.6 is 0 Å². The van der Waals surface area contributed by atoms with Gasteiger partial charge >= 0.3 is 5.97 Å². The van der Waals surface area contributed by atoms with Gasteiger partial charge in [-0.15, -0.1) is 0 Å². The van der Waals surface area contributed by atoms with Crippen molar-refractivity contribution in [1.29, 1.82) is 0 Å². The zero-order chi connectivity index (χ0) is 13.4. The summed E-state index contributed by atoms with van der Waals surface area (Å²) < 4.78 is 27.9. The summed E-state index contributed by atoms with van der Waals surface area (Å²) in [5.74, 6) is -0.411. The Morgan fingerprint density at radius 3 is 2.61 bits per heavy atom. The van der Waals surface area contributed by atoms with E-state index < -0.39 is 21.2 Å². The first-order chi connectivity index (χ1) is 8.35. The van der Waals surface area contributed by atoms with Crippen LogP contribution in [-0.4, -0.2) is 44.2 Å². The predicted molar refractivity (Wildman–Crippen MR) is 66.1 cm³/mol. The van der Waals surface area contributed by atoms with E-state index in [2.05, 4.69) is 0 Å². The van der Waals surface area contributed by atoms with Crippen molar-refractivity contribution in [2.24, 2.45) is 11.3 Å². The third-order valence-electron chi connectivity index (χ3n) is 4.00. The predicted octanol–water partition coefficient (Wildman–Crippen LogP) is 1.08. The first-order valence-corrected chi connectivity index (χ1v) is 8.44. The Balaban J connectivity index is 2.04. The molecule has 1 saturated heterocycles. The van der Waals surface area contributed by atoms with Gasteiger partial charge in [0.25, 0.3) is 0 Å². The van der Waals surface area contributed by atoms with Crippen LogP contribution in [0.2, 0.25) is 0 Å². The maximum atomic E-state index is 11.6. The molecule has 104 valence electrons. The second kappa shape index (κ2) is 4.81. The number of hydrogen-bond acceptors (Lipinski definition) is 4. The van der Waals surface area contributed by atoms with Gasteiger partial charge in [0.1, 0.15) is 9.84 Å². The Bertz CT molecular complexity index is 426. The van der Waals surface area contributed by atoms with Gasteiger partial charge in [-0.25, -0.2) is 8.42 Å². The average molecular weight is 276 g/mol. The van der Waals surface area contributed by atoms with E-state index in [-0.39, 0.29) is 11.9 Å². The van der Waals surface area contributed by atoms with Gasteiger partial charge in [0, 0.05) is 18.6 Å². The monoisotopic (exact) mass is 276 g/mol. The van der Waals surface area contributed by atoms with Gasteiger partial charge in [-0.3, -0.25) is 4.79 Å². The zero-order valence-electron chi connectivity index (χ0n) is 10.6. The first kappa shape index (κ1) is 13.8. The fraction of sp³-hybridized carbons (Fsp3) is 0.917. The summed E-state index contributed by atoms with van der Waals surface area (Å²) in [4.78, 5) is 11.6. The van der Waals surface area contributed by atoms with E-state index in [1.807, 2.05) is 0 Å². The third kappa shape index (κ3) is 2.85. The Hall–Kier alpha value is -0.620. The minimum absolute atomic E-state index is 0.0550. The van der Waals surface area contributed by atoms with Gasteiger partial charge < -0.3 is 9.84 Å². The van der Waals surface area contributed by atoms with Crippen LogP contribution in [0.5, 0.6) is 0 Å². The number of rotatable bonds is 6. The fourth-order valence-electron chi connectivity index (χ4n) is 2.91. The van der Waals surface area contributed by atoms with Crippen molar-refractivity contribution in [3.63, 3.8) is 0 Å². The molecule has 1 N–H and O–H groups in total. The maximum absolute atomic E-state index is 11.6. The Morgan fingerprint density at radius 1 is 1.44 bits per heavy atom. The summed E-state index contributed by atoms with van der Waals surface area (Å²) in [6.07, 6.45) is 4.35. The Labute approximate surface area is 107 Å². The molecular formula is C12H20O5S. The quantitative estimate of drug-likeness (QED) is 0.785. The van der Waals surface area contributed by atoms with Crippen molar-refractivity contribution in [2.75, 3.05) is 18.6 Å². The lowest BCUT2D eigenvalue weighted by molar-refractivity contribution is -0.154. The minimum Gasteiger partial charge on any atom is -0.481 e. The number of sulfone groups is 1. The highest BCUT2D eigenvalue weighted by atomic mass is 32.2. The molecule has 5 nitrogen and oxygen atoms in total. The minimum atomic E-state index is -3.02.